The van der Waals surface area contributed by atoms with Crippen LogP contribution in [0.2, 0.25) is 0 Å². The predicted octanol–water partition coefficient (Wildman–Crippen LogP) is 3.07. The molecule has 0 aliphatic carbocycles. The third kappa shape index (κ3) is 2.19. The highest BCUT2D eigenvalue weighted by Crippen LogP contribution is 2.29. The van der Waals surface area contributed by atoms with Gasteiger partial charge in [0.2, 0.25) is 0 Å². The number of halogens is 1. The van der Waals surface area contributed by atoms with Crippen LogP contribution >= 0.6 is 15.9 Å². The fourth-order valence-corrected chi connectivity index (χ4v) is 3.55. The Morgan fingerprint density at radius 2 is 2.19 bits per heavy atom. The monoisotopic (exact) mass is 343 g/mol. The van der Waals surface area contributed by atoms with E-state index in [0.717, 1.165) is 42.8 Å². The Hall–Kier alpha value is -1.95. The first-order chi connectivity index (χ1) is 10.3. The molecule has 3 aromatic rings. The van der Waals surface area contributed by atoms with Gasteiger partial charge in [-0.25, -0.2) is 9.97 Å². The summed E-state index contributed by atoms with van der Waals surface area (Å²) in [5.74, 6) is 0.960. The molecule has 0 spiro atoms. The van der Waals surface area contributed by atoms with Gasteiger partial charge in [-0.1, -0.05) is 28.1 Å². The fourth-order valence-electron chi connectivity index (χ4n) is 2.95. The van der Waals surface area contributed by atoms with E-state index in [1.165, 1.54) is 15.6 Å². The van der Waals surface area contributed by atoms with Crippen molar-refractivity contribution in [3.8, 4) is 0 Å². The van der Waals surface area contributed by atoms with E-state index < -0.39 is 0 Å². The second kappa shape index (κ2) is 5.11. The Morgan fingerprint density at radius 1 is 1.24 bits per heavy atom. The quantitative estimate of drug-likeness (QED) is 0.737. The Balaban J connectivity index is 1.78. The van der Waals surface area contributed by atoms with Crippen LogP contribution in [0.4, 0.5) is 5.82 Å². The van der Waals surface area contributed by atoms with E-state index >= 15 is 0 Å². The number of fused-ring (bicyclic) bond motifs is 2. The van der Waals surface area contributed by atoms with Crippen LogP contribution in [0.15, 0.2) is 35.2 Å². The van der Waals surface area contributed by atoms with Crippen molar-refractivity contribution in [3.63, 3.8) is 0 Å². The summed E-state index contributed by atoms with van der Waals surface area (Å²) < 4.78 is 1.21. The predicted molar refractivity (Wildman–Crippen MR) is 85.2 cm³/mol. The number of H-pyrrole nitrogens is 1. The van der Waals surface area contributed by atoms with Crippen molar-refractivity contribution in [3.05, 3.63) is 46.3 Å². The maximum absolute atomic E-state index is 4.48. The van der Waals surface area contributed by atoms with Crippen LogP contribution in [0.3, 0.4) is 0 Å². The molecule has 6 heteroatoms. The number of nitrogens with zero attached hydrogens (tertiary/aromatic N) is 4. The lowest BCUT2D eigenvalue weighted by molar-refractivity contribution is 0.756. The lowest BCUT2D eigenvalue weighted by Gasteiger charge is -2.22. The minimum absolute atomic E-state index is 0.790. The van der Waals surface area contributed by atoms with Gasteiger partial charge in [-0.2, -0.15) is 5.10 Å². The molecule has 21 heavy (non-hydrogen) atoms. The average molecular weight is 344 g/mol. The Morgan fingerprint density at radius 3 is 3.14 bits per heavy atom. The van der Waals surface area contributed by atoms with Crippen LogP contribution in [-0.2, 0) is 13.0 Å². The van der Waals surface area contributed by atoms with E-state index in [9.17, 15) is 0 Å². The molecule has 0 saturated heterocycles. The summed E-state index contributed by atoms with van der Waals surface area (Å²) in [7, 11) is 0. The second-order valence-electron chi connectivity index (χ2n) is 5.23. The van der Waals surface area contributed by atoms with Crippen LogP contribution < -0.4 is 4.90 Å². The topological polar surface area (TPSA) is 57.7 Å². The summed E-state index contributed by atoms with van der Waals surface area (Å²) in [6.45, 7) is 1.85. The van der Waals surface area contributed by atoms with Crippen molar-refractivity contribution >= 4 is 32.8 Å². The van der Waals surface area contributed by atoms with Crippen molar-refractivity contribution < 1.29 is 0 Å². The first-order valence-corrected chi connectivity index (χ1v) is 7.77. The van der Waals surface area contributed by atoms with Crippen molar-refractivity contribution in [2.45, 2.75) is 19.4 Å². The Kier molecular flexibility index (Phi) is 3.11. The Bertz CT molecular complexity index is 798. The zero-order valence-electron chi connectivity index (χ0n) is 11.4. The number of aromatic amines is 1. The summed E-state index contributed by atoms with van der Waals surface area (Å²) in [5, 5.41) is 7.97. The van der Waals surface area contributed by atoms with E-state index in [4.69, 9.17) is 0 Å². The normalized spacial score (nSPS) is 15.0. The molecule has 0 radical (unpaired) electrons. The van der Waals surface area contributed by atoms with E-state index in [0.29, 0.717) is 0 Å². The lowest BCUT2D eigenvalue weighted by Crippen LogP contribution is -2.23. The molecular formula is C15H14BrN5. The third-order valence-electron chi connectivity index (χ3n) is 3.96. The number of hydrogen-bond acceptors (Lipinski definition) is 4. The van der Waals surface area contributed by atoms with Gasteiger partial charge in [0.25, 0.3) is 0 Å². The molecule has 1 aromatic carbocycles. The fraction of sp³-hybridized carbons (Fsp3) is 0.267. The zero-order valence-corrected chi connectivity index (χ0v) is 13.0. The molecule has 1 aliphatic heterocycles. The number of benzene rings is 1. The van der Waals surface area contributed by atoms with Gasteiger partial charge in [-0.05, 0) is 30.0 Å². The molecule has 4 rings (SSSR count). The molecule has 1 aliphatic rings. The van der Waals surface area contributed by atoms with Crippen LogP contribution in [0, 0.1) is 0 Å². The summed E-state index contributed by atoms with van der Waals surface area (Å²) in [5.41, 5.74) is 3.56. The van der Waals surface area contributed by atoms with Crippen LogP contribution in [0.25, 0.3) is 11.0 Å². The first-order valence-electron chi connectivity index (χ1n) is 6.98. The summed E-state index contributed by atoms with van der Waals surface area (Å²) >= 11 is 3.67. The maximum Gasteiger partial charge on any atom is 0.160 e. The van der Waals surface area contributed by atoms with E-state index in [-0.39, 0.29) is 0 Å². The average Bonchev–Trinajstić information content (AvgIpc) is 2.86. The number of aromatic nitrogens is 4. The largest absolute Gasteiger partial charge is 0.352 e. The molecule has 5 nitrogen and oxygen atoms in total. The minimum atomic E-state index is 0.790. The molecular weight excluding hydrogens is 330 g/mol. The van der Waals surface area contributed by atoms with Gasteiger partial charge in [0.05, 0.1) is 11.6 Å². The van der Waals surface area contributed by atoms with Crippen molar-refractivity contribution in [1.82, 2.24) is 20.2 Å². The number of rotatable bonds is 1. The number of nitrogens with one attached hydrogen (secondary N) is 1. The Labute approximate surface area is 130 Å². The van der Waals surface area contributed by atoms with Crippen LogP contribution in [-0.4, -0.2) is 26.7 Å². The van der Waals surface area contributed by atoms with Gasteiger partial charge in [-0.15, -0.1) is 0 Å². The van der Waals surface area contributed by atoms with Crippen LogP contribution in [0.5, 0.6) is 0 Å². The van der Waals surface area contributed by atoms with E-state index in [1.54, 1.807) is 12.5 Å². The maximum atomic E-state index is 4.48. The summed E-state index contributed by atoms with van der Waals surface area (Å²) in [6.07, 6.45) is 5.60. The number of hydrogen-bond donors (Lipinski definition) is 1. The second-order valence-corrected chi connectivity index (χ2v) is 6.09. The highest BCUT2D eigenvalue weighted by Gasteiger charge is 2.19. The highest BCUT2D eigenvalue weighted by molar-refractivity contribution is 9.10. The smallest absolute Gasteiger partial charge is 0.160 e. The molecule has 2 aromatic heterocycles. The van der Waals surface area contributed by atoms with Gasteiger partial charge in [0.15, 0.2) is 5.65 Å². The van der Waals surface area contributed by atoms with Gasteiger partial charge < -0.3 is 4.90 Å². The molecule has 3 heterocycles. The van der Waals surface area contributed by atoms with Crippen molar-refractivity contribution in [2.75, 3.05) is 11.4 Å². The molecule has 106 valence electrons. The molecule has 0 bridgehead atoms. The molecule has 0 fully saturated rings. The van der Waals surface area contributed by atoms with Gasteiger partial charge in [0, 0.05) is 17.6 Å². The standard InChI is InChI=1S/C15H14BrN5/c16-13-5-1-3-10-8-21(6-2-4-11(10)13)15-12-7-19-20-14(12)17-9-18-15/h1,3,5,7,9H,2,4,6,8H2,(H,17,18,19,20). The molecule has 0 unspecified atom stereocenters. The number of anilines is 1. The minimum Gasteiger partial charge on any atom is -0.352 e. The molecule has 0 saturated carbocycles. The van der Waals surface area contributed by atoms with Crippen LogP contribution in [0.1, 0.15) is 17.5 Å². The molecule has 0 atom stereocenters. The summed E-state index contributed by atoms with van der Waals surface area (Å²) in [4.78, 5) is 11.0. The zero-order chi connectivity index (χ0) is 14.2. The van der Waals surface area contributed by atoms with Gasteiger partial charge in [-0.3, -0.25) is 5.10 Å². The lowest BCUT2D eigenvalue weighted by atomic mass is 10.0. The van der Waals surface area contributed by atoms with E-state index in [1.807, 2.05) is 0 Å². The summed E-state index contributed by atoms with van der Waals surface area (Å²) in [6, 6.07) is 6.42. The van der Waals surface area contributed by atoms with Gasteiger partial charge in [0.1, 0.15) is 12.1 Å². The highest BCUT2D eigenvalue weighted by atomic mass is 79.9. The van der Waals surface area contributed by atoms with E-state index in [2.05, 4.69) is 59.2 Å². The molecule has 1 N–H and O–H groups in total. The van der Waals surface area contributed by atoms with Crippen molar-refractivity contribution in [1.29, 1.82) is 0 Å². The van der Waals surface area contributed by atoms with Crippen molar-refractivity contribution in [2.24, 2.45) is 0 Å². The molecule has 0 amide bonds. The van der Waals surface area contributed by atoms with Gasteiger partial charge >= 0.3 is 0 Å². The SMILES string of the molecule is Brc1cccc2c1CCCN(c1ncnc3[nH]ncc13)C2. The third-order valence-corrected chi connectivity index (χ3v) is 4.70. The first kappa shape index (κ1) is 12.8.